The Bertz CT molecular complexity index is 259. The molecule has 0 radical (unpaired) electrons. The average molecular weight is 237 g/mol. The van der Waals surface area contributed by atoms with Crippen molar-refractivity contribution < 1.29 is 0 Å². The number of nitrogens with zero attached hydrogens (tertiary/aromatic N) is 2. The highest BCUT2D eigenvalue weighted by Gasteiger charge is 2.29. The van der Waals surface area contributed by atoms with E-state index in [1.807, 2.05) is 6.92 Å². The standard InChI is InChI=1S/C14H27N3/c1-4-13-9-7-6-8-10-17(13)12-14(3,11-15)16-5-2/h13,16H,4-10,12H2,1-3H3. The Labute approximate surface area is 106 Å². The fourth-order valence-corrected chi connectivity index (χ4v) is 2.83. The molecule has 98 valence electrons. The molecule has 3 heteroatoms. The minimum Gasteiger partial charge on any atom is -0.299 e. The van der Waals surface area contributed by atoms with Crippen LogP contribution < -0.4 is 5.32 Å². The molecule has 0 saturated carbocycles. The van der Waals surface area contributed by atoms with Gasteiger partial charge < -0.3 is 0 Å². The summed E-state index contributed by atoms with van der Waals surface area (Å²) in [5.74, 6) is 0. The Morgan fingerprint density at radius 2 is 2.12 bits per heavy atom. The normalized spacial score (nSPS) is 25.9. The summed E-state index contributed by atoms with van der Waals surface area (Å²) in [5, 5.41) is 12.7. The molecular weight excluding hydrogens is 210 g/mol. The molecule has 0 aromatic heterocycles. The van der Waals surface area contributed by atoms with Crippen LogP contribution in [0, 0.1) is 11.3 Å². The molecule has 1 saturated heterocycles. The second-order valence-electron chi connectivity index (χ2n) is 5.36. The van der Waals surface area contributed by atoms with Crippen molar-refractivity contribution in [3.8, 4) is 6.07 Å². The lowest BCUT2D eigenvalue weighted by Gasteiger charge is -2.35. The van der Waals surface area contributed by atoms with Crippen LogP contribution in [0.3, 0.4) is 0 Å². The highest BCUT2D eigenvalue weighted by atomic mass is 15.2. The van der Waals surface area contributed by atoms with Gasteiger partial charge in [0, 0.05) is 12.6 Å². The van der Waals surface area contributed by atoms with Gasteiger partial charge in [-0.1, -0.05) is 26.7 Å². The zero-order valence-electron chi connectivity index (χ0n) is 11.6. The Morgan fingerprint density at radius 3 is 2.71 bits per heavy atom. The quantitative estimate of drug-likeness (QED) is 0.798. The second-order valence-corrected chi connectivity index (χ2v) is 5.36. The van der Waals surface area contributed by atoms with Gasteiger partial charge in [0.1, 0.15) is 5.54 Å². The predicted octanol–water partition coefficient (Wildman–Crippen LogP) is 2.53. The van der Waals surface area contributed by atoms with Crippen molar-refractivity contribution in [2.75, 3.05) is 19.6 Å². The van der Waals surface area contributed by atoms with Crippen LogP contribution in [0.1, 0.15) is 52.9 Å². The molecule has 2 unspecified atom stereocenters. The van der Waals surface area contributed by atoms with E-state index in [2.05, 4.69) is 30.1 Å². The largest absolute Gasteiger partial charge is 0.299 e. The first-order valence-corrected chi connectivity index (χ1v) is 7.05. The fourth-order valence-electron chi connectivity index (χ4n) is 2.83. The minimum atomic E-state index is -0.396. The van der Waals surface area contributed by atoms with E-state index in [0.29, 0.717) is 6.04 Å². The lowest BCUT2D eigenvalue weighted by atomic mass is 10.0. The SMILES string of the molecule is CCNC(C)(C#N)CN1CCCCCC1CC. The molecule has 1 N–H and O–H groups in total. The molecule has 1 rings (SSSR count). The van der Waals surface area contributed by atoms with Crippen LogP contribution >= 0.6 is 0 Å². The summed E-state index contributed by atoms with van der Waals surface area (Å²) in [5.41, 5.74) is -0.396. The Morgan fingerprint density at radius 1 is 1.35 bits per heavy atom. The summed E-state index contributed by atoms with van der Waals surface area (Å²) >= 11 is 0. The van der Waals surface area contributed by atoms with Crippen LogP contribution in [0.4, 0.5) is 0 Å². The van der Waals surface area contributed by atoms with Gasteiger partial charge in [0.05, 0.1) is 6.07 Å². The van der Waals surface area contributed by atoms with Gasteiger partial charge in [-0.15, -0.1) is 0 Å². The zero-order valence-corrected chi connectivity index (χ0v) is 11.6. The third kappa shape index (κ3) is 4.29. The zero-order chi connectivity index (χ0) is 12.7. The van der Waals surface area contributed by atoms with Crippen molar-refractivity contribution in [2.24, 2.45) is 0 Å². The van der Waals surface area contributed by atoms with Crippen LogP contribution in [0.15, 0.2) is 0 Å². The number of hydrogen-bond donors (Lipinski definition) is 1. The van der Waals surface area contributed by atoms with E-state index in [1.54, 1.807) is 0 Å². The maximum Gasteiger partial charge on any atom is 0.116 e. The van der Waals surface area contributed by atoms with Crippen molar-refractivity contribution in [3.63, 3.8) is 0 Å². The van der Waals surface area contributed by atoms with E-state index < -0.39 is 5.54 Å². The van der Waals surface area contributed by atoms with E-state index in [1.165, 1.54) is 32.1 Å². The lowest BCUT2D eigenvalue weighted by Crippen LogP contribution is -2.52. The molecule has 1 heterocycles. The van der Waals surface area contributed by atoms with Gasteiger partial charge in [0.25, 0.3) is 0 Å². The maximum atomic E-state index is 9.34. The number of likely N-dealkylation sites (tertiary alicyclic amines) is 1. The first kappa shape index (κ1) is 14.5. The molecule has 2 atom stereocenters. The van der Waals surface area contributed by atoms with Gasteiger partial charge in [0.15, 0.2) is 0 Å². The van der Waals surface area contributed by atoms with Crippen LogP contribution in [-0.4, -0.2) is 36.1 Å². The number of rotatable bonds is 5. The Balaban J connectivity index is 2.65. The first-order valence-electron chi connectivity index (χ1n) is 7.05. The number of nitriles is 1. The Hall–Kier alpha value is -0.590. The molecule has 1 fully saturated rings. The van der Waals surface area contributed by atoms with E-state index in [4.69, 9.17) is 0 Å². The van der Waals surface area contributed by atoms with Gasteiger partial charge in [-0.25, -0.2) is 0 Å². The molecule has 0 amide bonds. The fraction of sp³-hybridized carbons (Fsp3) is 0.929. The monoisotopic (exact) mass is 237 g/mol. The van der Waals surface area contributed by atoms with E-state index in [-0.39, 0.29) is 0 Å². The summed E-state index contributed by atoms with van der Waals surface area (Å²) in [4.78, 5) is 2.53. The molecule has 0 aliphatic carbocycles. The topological polar surface area (TPSA) is 39.1 Å². The average Bonchev–Trinajstić information content (AvgIpc) is 2.54. The summed E-state index contributed by atoms with van der Waals surface area (Å²) in [7, 11) is 0. The second kappa shape index (κ2) is 6.98. The molecular formula is C14H27N3. The Kier molecular flexibility index (Phi) is 5.94. The van der Waals surface area contributed by atoms with E-state index in [0.717, 1.165) is 19.6 Å². The molecule has 0 aromatic carbocycles. The molecule has 3 nitrogen and oxygen atoms in total. The summed E-state index contributed by atoms with van der Waals surface area (Å²) in [6.07, 6.45) is 6.47. The van der Waals surface area contributed by atoms with Crippen molar-refractivity contribution in [2.45, 2.75) is 64.5 Å². The first-order chi connectivity index (χ1) is 8.15. The highest BCUT2D eigenvalue weighted by molar-refractivity contribution is 5.06. The van der Waals surface area contributed by atoms with Crippen LogP contribution in [0.2, 0.25) is 0 Å². The van der Waals surface area contributed by atoms with Gasteiger partial charge in [-0.3, -0.25) is 10.2 Å². The van der Waals surface area contributed by atoms with Crippen LogP contribution in [0.25, 0.3) is 0 Å². The van der Waals surface area contributed by atoms with Crippen molar-refractivity contribution >= 4 is 0 Å². The lowest BCUT2D eigenvalue weighted by molar-refractivity contribution is 0.160. The van der Waals surface area contributed by atoms with Gasteiger partial charge >= 0.3 is 0 Å². The highest BCUT2D eigenvalue weighted by Crippen LogP contribution is 2.21. The van der Waals surface area contributed by atoms with Crippen LogP contribution in [0.5, 0.6) is 0 Å². The molecule has 1 aliphatic heterocycles. The van der Waals surface area contributed by atoms with Crippen LogP contribution in [-0.2, 0) is 0 Å². The third-order valence-corrected chi connectivity index (χ3v) is 3.80. The number of nitrogens with one attached hydrogen (secondary N) is 1. The maximum absolute atomic E-state index is 9.34. The third-order valence-electron chi connectivity index (χ3n) is 3.80. The van der Waals surface area contributed by atoms with Gasteiger partial charge in [-0.05, 0) is 39.3 Å². The van der Waals surface area contributed by atoms with Gasteiger partial charge in [-0.2, -0.15) is 5.26 Å². The molecule has 0 spiro atoms. The van der Waals surface area contributed by atoms with Crippen molar-refractivity contribution in [1.82, 2.24) is 10.2 Å². The van der Waals surface area contributed by atoms with Crippen molar-refractivity contribution in [1.29, 1.82) is 5.26 Å². The van der Waals surface area contributed by atoms with E-state index in [9.17, 15) is 5.26 Å². The number of likely N-dealkylation sites (N-methyl/N-ethyl adjacent to an activating group) is 1. The summed E-state index contributed by atoms with van der Waals surface area (Å²) in [6, 6.07) is 3.11. The summed E-state index contributed by atoms with van der Waals surface area (Å²) in [6.45, 7) is 9.22. The smallest absolute Gasteiger partial charge is 0.116 e. The summed E-state index contributed by atoms with van der Waals surface area (Å²) < 4.78 is 0. The minimum absolute atomic E-state index is 0.396. The van der Waals surface area contributed by atoms with Gasteiger partial charge in [0.2, 0.25) is 0 Å². The molecule has 1 aliphatic rings. The predicted molar refractivity (Wildman–Crippen MR) is 71.8 cm³/mol. The molecule has 0 bridgehead atoms. The molecule has 0 aromatic rings. The van der Waals surface area contributed by atoms with E-state index >= 15 is 0 Å². The molecule has 17 heavy (non-hydrogen) atoms. The van der Waals surface area contributed by atoms with Crippen molar-refractivity contribution in [3.05, 3.63) is 0 Å². The number of hydrogen-bond acceptors (Lipinski definition) is 3.